The largest absolute Gasteiger partial charge is 0.370 e. The molecule has 86 valence electrons. The second-order valence-corrected chi connectivity index (χ2v) is 4.11. The maximum atomic E-state index is 13.4. The Kier molecular flexibility index (Phi) is 2.96. The summed E-state index contributed by atoms with van der Waals surface area (Å²) in [5.74, 6) is -0.837. The number of anilines is 1. The van der Waals surface area contributed by atoms with Crippen molar-refractivity contribution in [3.05, 3.63) is 33.1 Å². The first-order chi connectivity index (χ1) is 7.59. The number of nitro groups is 1. The molecule has 0 aliphatic carbocycles. The molecule has 1 heterocycles. The molecule has 1 aliphatic rings. The standard InChI is InChI=1S/C10H10ClFN2O2/c11-7-5-10(14(15)16)8(12)6-9(7)13-3-1-2-4-13/h5-6H,1-4H2. The second-order valence-electron chi connectivity index (χ2n) is 3.71. The minimum atomic E-state index is -0.837. The number of nitro benzene ring substituents is 1. The zero-order valence-corrected chi connectivity index (χ0v) is 9.21. The van der Waals surface area contributed by atoms with E-state index in [2.05, 4.69) is 0 Å². The summed E-state index contributed by atoms with van der Waals surface area (Å²) in [6.07, 6.45) is 2.07. The third kappa shape index (κ3) is 1.95. The van der Waals surface area contributed by atoms with Gasteiger partial charge in [-0.2, -0.15) is 4.39 Å². The first kappa shape index (κ1) is 11.1. The lowest BCUT2D eigenvalue weighted by Crippen LogP contribution is -2.18. The maximum Gasteiger partial charge on any atom is 0.306 e. The number of hydrogen-bond acceptors (Lipinski definition) is 3. The number of hydrogen-bond donors (Lipinski definition) is 0. The molecule has 0 amide bonds. The monoisotopic (exact) mass is 244 g/mol. The van der Waals surface area contributed by atoms with Gasteiger partial charge in [-0.15, -0.1) is 0 Å². The van der Waals surface area contributed by atoms with Crippen LogP contribution in [0.1, 0.15) is 12.8 Å². The maximum absolute atomic E-state index is 13.4. The Morgan fingerprint density at radius 1 is 1.38 bits per heavy atom. The van der Waals surface area contributed by atoms with E-state index < -0.39 is 16.4 Å². The van der Waals surface area contributed by atoms with Crippen LogP contribution >= 0.6 is 11.6 Å². The molecule has 0 saturated carbocycles. The third-order valence-electron chi connectivity index (χ3n) is 2.66. The minimum Gasteiger partial charge on any atom is -0.370 e. The summed E-state index contributed by atoms with van der Waals surface area (Å²) in [6, 6.07) is 2.22. The molecule has 1 saturated heterocycles. The molecule has 16 heavy (non-hydrogen) atoms. The molecule has 0 bridgehead atoms. The van der Waals surface area contributed by atoms with E-state index in [1.807, 2.05) is 4.90 Å². The second kappa shape index (κ2) is 4.25. The van der Waals surface area contributed by atoms with Crippen molar-refractivity contribution < 1.29 is 9.31 Å². The normalized spacial score (nSPS) is 15.5. The van der Waals surface area contributed by atoms with Gasteiger partial charge in [0.1, 0.15) is 0 Å². The quantitative estimate of drug-likeness (QED) is 0.594. The van der Waals surface area contributed by atoms with E-state index in [0.29, 0.717) is 5.69 Å². The highest BCUT2D eigenvalue weighted by Crippen LogP contribution is 2.33. The molecule has 1 fully saturated rings. The van der Waals surface area contributed by atoms with Gasteiger partial charge in [0.25, 0.3) is 0 Å². The van der Waals surface area contributed by atoms with Crippen LogP contribution in [0.4, 0.5) is 15.8 Å². The third-order valence-corrected chi connectivity index (χ3v) is 2.96. The molecule has 1 aromatic rings. The van der Waals surface area contributed by atoms with Crippen LogP contribution in [0.3, 0.4) is 0 Å². The van der Waals surface area contributed by atoms with Crippen LogP contribution in [0, 0.1) is 15.9 Å². The number of benzene rings is 1. The van der Waals surface area contributed by atoms with Gasteiger partial charge in [-0.3, -0.25) is 10.1 Å². The van der Waals surface area contributed by atoms with Crippen LogP contribution in [0.15, 0.2) is 12.1 Å². The van der Waals surface area contributed by atoms with Crippen molar-refractivity contribution in [1.82, 2.24) is 0 Å². The average Bonchev–Trinajstić information content (AvgIpc) is 2.73. The molecule has 0 spiro atoms. The van der Waals surface area contributed by atoms with E-state index in [9.17, 15) is 14.5 Å². The van der Waals surface area contributed by atoms with Gasteiger partial charge >= 0.3 is 5.69 Å². The van der Waals surface area contributed by atoms with Gasteiger partial charge in [-0.05, 0) is 12.8 Å². The first-order valence-corrected chi connectivity index (χ1v) is 5.36. The summed E-state index contributed by atoms with van der Waals surface area (Å²) in [4.78, 5) is 11.7. The summed E-state index contributed by atoms with van der Waals surface area (Å²) < 4.78 is 13.4. The Morgan fingerprint density at radius 3 is 2.56 bits per heavy atom. The lowest BCUT2D eigenvalue weighted by atomic mass is 10.2. The molecule has 1 aliphatic heterocycles. The van der Waals surface area contributed by atoms with Crippen LogP contribution in [-0.2, 0) is 0 Å². The smallest absolute Gasteiger partial charge is 0.306 e. The SMILES string of the molecule is O=[N+]([O-])c1cc(Cl)c(N2CCCC2)cc1F. The fraction of sp³-hybridized carbons (Fsp3) is 0.400. The van der Waals surface area contributed by atoms with Crippen molar-refractivity contribution in [3.8, 4) is 0 Å². The molecule has 0 unspecified atom stereocenters. The van der Waals surface area contributed by atoms with Crippen LogP contribution in [0.5, 0.6) is 0 Å². The van der Waals surface area contributed by atoms with Crippen LogP contribution in [0.2, 0.25) is 5.02 Å². The van der Waals surface area contributed by atoms with Crippen molar-refractivity contribution in [2.45, 2.75) is 12.8 Å². The summed E-state index contributed by atoms with van der Waals surface area (Å²) in [6.45, 7) is 1.63. The van der Waals surface area contributed by atoms with Crippen molar-refractivity contribution >= 4 is 23.0 Å². The Balaban J connectivity index is 2.40. The van der Waals surface area contributed by atoms with Crippen LogP contribution in [0.25, 0.3) is 0 Å². The Hall–Kier alpha value is -1.36. The molecular weight excluding hydrogens is 235 g/mol. The molecule has 0 N–H and O–H groups in total. The van der Waals surface area contributed by atoms with Crippen LogP contribution in [-0.4, -0.2) is 18.0 Å². The van der Waals surface area contributed by atoms with E-state index >= 15 is 0 Å². The van der Waals surface area contributed by atoms with Crippen molar-refractivity contribution in [2.75, 3.05) is 18.0 Å². The lowest BCUT2D eigenvalue weighted by Gasteiger charge is -2.18. The van der Waals surface area contributed by atoms with Crippen molar-refractivity contribution in [1.29, 1.82) is 0 Å². The topological polar surface area (TPSA) is 46.4 Å². The van der Waals surface area contributed by atoms with Gasteiger partial charge in [0.05, 0.1) is 15.6 Å². The van der Waals surface area contributed by atoms with Gasteiger partial charge < -0.3 is 4.90 Å². The Labute approximate surface area is 96.8 Å². The van der Waals surface area contributed by atoms with Crippen LogP contribution < -0.4 is 4.90 Å². The highest BCUT2D eigenvalue weighted by Gasteiger charge is 2.22. The molecule has 0 atom stereocenters. The molecular formula is C10H10ClFN2O2. The van der Waals surface area contributed by atoms with E-state index in [0.717, 1.165) is 38.1 Å². The van der Waals surface area contributed by atoms with Crippen molar-refractivity contribution in [2.24, 2.45) is 0 Å². The zero-order chi connectivity index (χ0) is 11.7. The number of nitrogens with zero attached hydrogens (tertiary/aromatic N) is 2. The highest BCUT2D eigenvalue weighted by atomic mass is 35.5. The van der Waals surface area contributed by atoms with E-state index in [1.165, 1.54) is 0 Å². The fourth-order valence-corrected chi connectivity index (χ4v) is 2.14. The fourth-order valence-electron chi connectivity index (χ4n) is 1.87. The van der Waals surface area contributed by atoms with E-state index in [4.69, 9.17) is 11.6 Å². The molecule has 4 nitrogen and oxygen atoms in total. The lowest BCUT2D eigenvalue weighted by molar-refractivity contribution is -0.387. The highest BCUT2D eigenvalue weighted by molar-refractivity contribution is 6.33. The molecule has 0 aromatic heterocycles. The van der Waals surface area contributed by atoms with Gasteiger partial charge in [0.2, 0.25) is 5.82 Å². The predicted molar refractivity (Wildman–Crippen MR) is 59.5 cm³/mol. The minimum absolute atomic E-state index is 0.231. The Bertz CT molecular complexity index is 433. The average molecular weight is 245 g/mol. The number of rotatable bonds is 2. The molecule has 1 aromatic carbocycles. The zero-order valence-electron chi connectivity index (χ0n) is 8.45. The summed E-state index contributed by atoms with van der Waals surface area (Å²) in [7, 11) is 0. The van der Waals surface area contributed by atoms with Crippen molar-refractivity contribution in [3.63, 3.8) is 0 Å². The van der Waals surface area contributed by atoms with E-state index in [-0.39, 0.29) is 5.02 Å². The van der Waals surface area contributed by atoms with Gasteiger partial charge in [0.15, 0.2) is 0 Å². The summed E-state index contributed by atoms with van der Waals surface area (Å²) in [5, 5.41) is 10.7. The van der Waals surface area contributed by atoms with Gasteiger partial charge in [-0.1, -0.05) is 11.6 Å². The molecule has 6 heteroatoms. The molecule has 2 rings (SSSR count). The Morgan fingerprint density at radius 2 is 2.00 bits per heavy atom. The van der Waals surface area contributed by atoms with Gasteiger partial charge in [0, 0.05) is 25.2 Å². The van der Waals surface area contributed by atoms with Gasteiger partial charge in [-0.25, -0.2) is 0 Å². The van der Waals surface area contributed by atoms with E-state index in [1.54, 1.807) is 0 Å². The number of halogens is 2. The first-order valence-electron chi connectivity index (χ1n) is 4.98. The predicted octanol–water partition coefficient (Wildman–Crippen LogP) is 2.99. The summed E-state index contributed by atoms with van der Waals surface area (Å²) >= 11 is 5.91. The summed E-state index contributed by atoms with van der Waals surface area (Å²) in [5.41, 5.74) is -0.0322. The molecule has 0 radical (unpaired) electrons.